The van der Waals surface area contributed by atoms with Gasteiger partial charge in [0.05, 0.1) is 11.1 Å². The zero-order valence-electron chi connectivity index (χ0n) is 16.4. The molecule has 1 aromatic carbocycles. The maximum Gasteiger partial charge on any atom is 0.451 e. The number of alkyl halides is 3. The van der Waals surface area contributed by atoms with Gasteiger partial charge in [-0.1, -0.05) is 11.6 Å². The van der Waals surface area contributed by atoms with E-state index in [1.165, 1.54) is 12.1 Å². The van der Waals surface area contributed by atoms with E-state index in [4.69, 9.17) is 16.3 Å². The van der Waals surface area contributed by atoms with Gasteiger partial charge in [-0.3, -0.25) is 9.59 Å². The zero-order chi connectivity index (χ0) is 23.3. The molecule has 8 nitrogen and oxygen atoms in total. The molecular weight excluding hydrogens is 458 g/mol. The van der Waals surface area contributed by atoms with E-state index >= 15 is 0 Å². The van der Waals surface area contributed by atoms with Crippen LogP contribution >= 0.6 is 11.6 Å². The lowest BCUT2D eigenvalue weighted by molar-refractivity contribution is -0.145. The second-order valence-corrected chi connectivity index (χ2v) is 7.33. The summed E-state index contributed by atoms with van der Waals surface area (Å²) < 4.78 is 56.6. The topological polar surface area (TPSA) is 105 Å². The molecule has 1 saturated heterocycles. The number of benzene rings is 1. The maximum atomic E-state index is 13.4. The van der Waals surface area contributed by atoms with Crippen molar-refractivity contribution in [2.24, 2.45) is 0 Å². The Labute approximate surface area is 184 Å². The highest BCUT2D eigenvalue weighted by atomic mass is 35.5. The number of hydrogen-bond donors (Lipinski definition) is 3. The molecule has 3 rings (SSSR count). The van der Waals surface area contributed by atoms with Gasteiger partial charge in [0.1, 0.15) is 17.4 Å². The van der Waals surface area contributed by atoms with Crippen molar-refractivity contribution in [3.8, 4) is 5.75 Å². The molecule has 0 radical (unpaired) electrons. The highest BCUT2D eigenvalue weighted by Gasteiger charge is 2.35. The minimum atomic E-state index is -4.72. The van der Waals surface area contributed by atoms with Crippen LogP contribution in [0.1, 0.15) is 18.7 Å². The molecule has 172 valence electrons. The first-order chi connectivity index (χ1) is 15.1. The fourth-order valence-corrected chi connectivity index (χ4v) is 3.08. The standard InChI is InChI=1S/C19H18ClF4N5O3/c20-12-3-2-11(7-13(12)21)32-9-16(30)27-10-1-4-14(26-8-10)17(31)28-15-5-6-25-18(29-15)19(22,23)24/h2-3,5-7,10,14,26H,1,4,8-9H2,(H,27,30)(H,25,28,29,31). The first-order valence-corrected chi connectivity index (χ1v) is 9.81. The molecule has 2 aromatic rings. The SMILES string of the molecule is O=C(COc1ccc(Cl)c(F)c1)NC1CCC(C(=O)Nc2ccnc(C(F)(F)F)n2)NC1. The summed E-state index contributed by atoms with van der Waals surface area (Å²) in [7, 11) is 0. The quantitative estimate of drug-likeness (QED) is 0.555. The lowest BCUT2D eigenvalue weighted by Gasteiger charge is -2.29. The number of hydrogen-bond acceptors (Lipinski definition) is 6. The molecule has 32 heavy (non-hydrogen) atoms. The molecule has 2 unspecified atom stereocenters. The van der Waals surface area contributed by atoms with Crippen LogP contribution in [-0.2, 0) is 15.8 Å². The molecule has 0 saturated carbocycles. The molecule has 1 aliphatic rings. The van der Waals surface area contributed by atoms with E-state index in [9.17, 15) is 27.2 Å². The summed E-state index contributed by atoms with van der Waals surface area (Å²) in [6.45, 7) is -0.0757. The minimum absolute atomic E-state index is 0.0609. The number of nitrogens with one attached hydrogen (secondary N) is 3. The van der Waals surface area contributed by atoms with Crippen LogP contribution in [0.3, 0.4) is 0 Å². The van der Waals surface area contributed by atoms with Gasteiger partial charge in [-0.05, 0) is 31.0 Å². The first-order valence-electron chi connectivity index (χ1n) is 9.43. The lowest BCUT2D eigenvalue weighted by Crippen LogP contribution is -2.53. The molecule has 0 bridgehead atoms. The first kappa shape index (κ1) is 23.7. The van der Waals surface area contributed by atoms with Gasteiger partial charge in [0.25, 0.3) is 5.91 Å². The number of piperidine rings is 1. The third-order valence-electron chi connectivity index (χ3n) is 4.52. The molecule has 2 amide bonds. The fourth-order valence-electron chi connectivity index (χ4n) is 2.97. The van der Waals surface area contributed by atoms with E-state index in [2.05, 4.69) is 25.9 Å². The van der Waals surface area contributed by atoms with Gasteiger partial charge >= 0.3 is 6.18 Å². The number of anilines is 1. The Morgan fingerprint density at radius 3 is 2.69 bits per heavy atom. The number of carbonyl (C=O) groups is 2. The Morgan fingerprint density at radius 2 is 2.03 bits per heavy atom. The van der Waals surface area contributed by atoms with E-state index in [1.807, 2.05) is 0 Å². The van der Waals surface area contributed by atoms with E-state index in [1.54, 1.807) is 0 Å². The second kappa shape index (κ2) is 10.1. The summed E-state index contributed by atoms with van der Waals surface area (Å²) >= 11 is 5.58. The van der Waals surface area contributed by atoms with Crippen LogP contribution in [0.2, 0.25) is 5.02 Å². The van der Waals surface area contributed by atoms with Gasteiger partial charge in [0, 0.05) is 24.8 Å². The van der Waals surface area contributed by atoms with Gasteiger partial charge < -0.3 is 20.7 Å². The highest BCUT2D eigenvalue weighted by Crippen LogP contribution is 2.26. The van der Waals surface area contributed by atoms with Crippen molar-refractivity contribution in [3.05, 3.63) is 47.1 Å². The van der Waals surface area contributed by atoms with E-state index in [0.717, 1.165) is 18.3 Å². The Balaban J connectivity index is 1.43. The van der Waals surface area contributed by atoms with Crippen LogP contribution < -0.4 is 20.7 Å². The second-order valence-electron chi connectivity index (χ2n) is 6.92. The molecule has 1 fully saturated rings. The Morgan fingerprint density at radius 1 is 1.25 bits per heavy atom. The number of nitrogens with zero attached hydrogens (tertiary/aromatic N) is 2. The molecule has 13 heteroatoms. The van der Waals surface area contributed by atoms with Crippen LogP contribution in [0.4, 0.5) is 23.4 Å². The Bertz CT molecular complexity index is 984. The van der Waals surface area contributed by atoms with Crippen molar-refractivity contribution < 1.29 is 31.9 Å². The summed E-state index contributed by atoms with van der Waals surface area (Å²) in [4.78, 5) is 30.8. The monoisotopic (exact) mass is 475 g/mol. The molecule has 2 heterocycles. The molecule has 0 aliphatic carbocycles. The number of ether oxygens (including phenoxy) is 1. The van der Waals surface area contributed by atoms with Gasteiger partial charge in [-0.25, -0.2) is 14.4 Å². The zero-order valence-corrected chi connectivity index (χ0v) is 17.1. The molecular formula is C19H18ClF4N5O3. The Kier molecular flexibility index (Phi) is 7.46. The van der Waals surface area contributed by atoms with Crippen molar-refractivity contribution in [2.75, 3.05) is 18.5 Å². The normalized spacial score (nSPS) is 18.7. The van der Waals surface area contributed by atoms with Crippen molar-refractivity contribution in [1.82, 2.24) is 20.6 Å². The number of amides is 2. The summed E-state index contributed by atoms with van der Waals surface area (Å²) in [5.74, 6) is -3.10. The van der Waals surface area contributed by atoms with Crippen molar-refractivity contribution >= 4 is 29.2 Å². The molecule has 2 atom stereocenters. The predicted molar refractivity (Wildman–Crippen MR) is 106 cm³/mol. The maximum absolute atomic E-state index is 13.4. The number of halogens is 5. The Hall–Kier alpha value is -2.99. The largest absolute Gasteiger partial charge is 0.484 e. The third-order valence-corrected chi connectivity index (χ3v) is 4.82. The number of aromatic nitrogens is 2. The molecule has 3 N–H and O–H groups in total. The van der Waals surface area contributed by atoms with Gasteiger partial charge in [0.2, 0.25) is 11.7 Å². The average molecular weight is 476 g/mol. The summed E-state index contributed by atoms with van der Waals surface area (Å²) in [6.07, 6.45) is -3.03. The van der Waals surface area contributed by atoms with Crippen LogP contribution in [0.5, 0.6) is 5.75 Å². The van der Waals surface area contributed by atoms with E-state index in [-0.39, 0.29) is 35.8 Å². The predicted octanol–water partition coefficient (Wildman–Crippen LogP) is 2.54. The fraction of sp³-hybridized carbons (Fsp3) is 0.368. The summed E-state index contributed by atoms with van der Waals surface area (Å²) in [5, 5.41) is 7.92. The van der Waals surface area contributed by atoms with Gasteiger partial charge in [-0.15, -0.1) is 0 Å². The van der Waals surface area contributed by atoms with Crippen LogP contribution in [0, 0.1) is 5.82 Å². The summed E-state index contributed by atoms with van der Waals surface area (Å²) in [5.41, 5.74) is 0. The van der Waals surface area contributed by atoms with Crippen LogP contribution in [-0.4, -0.2) is 47.0 Å². The van der Waals surface area contributed by atoms with Gasteiger partial charge in [0.15, 0.2) is 6.61 Å². The molecule has 1 aromatic heterocycles. The van der Waals surface area contributed by atoms with Crippen molar-refractivity contribution in [3.63, 3.8) is 0 Å². The van der Waals surface area contributed by atoms with Gasteiger partial charge in [-0.2, -0.15) is 13.2 Å². The smallest absolute Gasteiger partial charge is 0.451 e. The van der Waals surface area contributed by atoms with E-state index in [0.29, 0.717) is 12.8 Å². The minimum Gasteiger partial charge on any atom is -0.484 e. The third kappa shape index (κ3) is 6.50. The molecule has 1 aliphatic heterocycles. The van der Waals surface area contributed by atoms with Crippen molar-refractivity contribution in [2.45, 2.75) is 31.1 Å². The summed E-state index contributed by atoms with van der Waals surface area (Å²) in [6, 6.07) is 4.02. The van der Waals surface area contributed by atoms with E-state index < -0.39 is 35.7 Å². The highest BCUT2D eigenvalue weighted by molar-refractivity contribution is 6.30. The van der Waals surface area contributed by atoms with Crippen LogP contribution in [0.15, 0.2) is 30.5 Å². The molecule has 0 spiro atoms. The number of carbonyl (C=O) groups excluding carboxylic acids is 2. The van der Waals surface area contributed by atoms with Crippen molar-refractivity contribution in [1.29, 1.82) is 0 Å². The van der Waals surface area contributed by atoms with Crippen LogP contribution in [0.25, 0.3) is 0 Å². The number of rotatable bonds is 6. The lowest BCUT2D eigenvalue weighted by atomic mass is 10.00. The average Bonchev–Trinajstić information content (AvgIpc) is 2.74.